The van der Waals surface area contributed by atoms with Gasteiger partial charge in [-0.2, -0.15) is 18.2 Å². The molecular formula is C11H16F3N5. The largest absolute Gasteiger partial charge is 0.421 e. The van der Waals surface area contributed by atoms with Crippen LogP contribution in [-0.2, 0) is 6.18 Å². The summed E-state index contributed by atoms with van der Waals surface area (Å²) in [6.07, 6.45) is -3.78. The van der Waals surface area contributed by atoms with Gasteiger partial charge in [0, 0.05) is 31.4 Å². The molecule has 0 unspecified atom stereocenters. The van der Waals surface area contributed by atoms with E-state index in [1.165, 1.54) is 0 Å². The number of alkyl halides is 3. The second-order valence-electron chi connectivity index (χ2n) is 4.84. The van der Waals surface area contributed by atoms with E-state index in [0.717, 1.165) is 6.20 Å². The van der Waals surface area contributed by atoms with Crippen LogP contribution in [-0.4, -0.2) is 35.1 Å². The molecule has 2 heterocycles. The zero-order valence-corrected chi connectivity index (χ0v) is 10.7. The number of aromatic nitrogens is 2. The van der Waals surface area contributed by atoms with Crippen molar-refractivity contribution in [3.63, 3.8) is 0 Å². The first-order chi connectivity index (χ1) is 8.77. The Kier molecular flexibility index (Phi) is 3.53. The lowest BCUT2D eigenvalue weighted by atomic mass is 10.1. The van der Waals surface area contributed by atoms with Crippen LogP contribution in [0.3, 0.4) is 0 Å². The number of nitrogens with zero attached hydrogens (tertiary/aromatic N) is 3. The Morgan fingerprint density at radius 3 is 2.37 bits per heavy atom. The lowest BCUT2D eigenvalue weighted by molar-refractivity contribution is -0.137. The molecule has 1 saturated heterocycles. The molecule has 1 aliphatic rings. The Hall–Kier alpha value is -1.57. The van der Waals surface area contributed by atoms with Crippen molar-refractivity contribution in [2.24, 2.45) is 0 Å². The van der Waals surface area contributed by atoms with Crippen molar-refractivity contribution in [3.8, 4) is 0 Å². The van der Waals surface area contributed by atoms with Crippen molar-refractivity contribution >= 4 is 11.8 Å². The number of rotatable bonds is 1. The summed E-state index contributed by atoms with van der Waals surface area (Å²) < 4.78 is 37.7. The van der Waals surface area contributed by atoms with E-state index < -0.39 is 17.6 Å². The minimum absolute atomic E-state index is 0.218. The summed E-state index contributed by atoms with van der Waals surface area (Å²) in [5.41, 5.74) is 4.38. The number of halogens is 3. The molecule has 0 radical (unpaired) electrons. The molecule has 106 valence electrons. The van der Waals surface area contributed by atoms with Crippen molar-refractivity contribution in [2.75, 3.05) is 23.7 Å². The third-order valence-corrected chi connectivity index (χ3v) is 2.95. The molecular weight excluding hydrogens is 259 g/mol. The zero-order valence-electron chi connectivity index (χ0n) is 10.7. The van der Waals surface area contributed by atoms with Crippen LogP contribution in [0.15, 0.2) is 6.20 Å². The van der Waals surface area contributed by atoms with E-state index in [-0.39, 0.29) is 18.0 Å². The maximum Gasteiger partial charge on any atom is 0.421 e. The first kappa shape index (κ1) is 13.9. The topological polar surface area (TPSA) is 67.1 Å². The summed E-state index contributed by atoms with van der Waals surface area (Å²) in [6, 6.07) is 0.437. The minimum atomic E-state index is -4.52. The summed E-state index contributed by atoms with van der Waals surface area (Å²) in [4.78, 5) is 9.40. The molecule has 1 fully saturated rings. The molecule has 0 amide bonds. The normalized spacial score (nSPS) is 24.6. The molecule has 0 bridgehead atoms. The predicted octanol–water partition coefficient (Wildman–Crippen LogP) is 1.26. The molecule has 0 aromatic carbocycles. The monoisotopic (exact) mass is 275 g/mol. The van der Waals surface area contributed by atoms with Gasteiger partial charge in [0.25, 0.3) is 0 Å². The molecule has 1 aromatic heterocycles. The molecule has 1 aromatic rings. The minimum Gasteiger partial charge on any atom is -0.383 e. The second kappa shape index (κ2) is 4.84. The molecule has 2 atom stereocenters. The van der Waals surface area contributed by atoms with E-state index in [1.807, 2.05) is 18.7 Å². The Balaban J connectivity index is 2.25. The van der Waals surface area contributed by atoms with Gasteiger partial charge in [0.1, 0.15) is 11.4 Å². The molecule has 1 aliphatic heterocycles. The summed E-state index contributed by atoms with van der Waals surface area (Å²) >= 11 is 0. The fourth-order valence-corrected chi connectivity index (χ4v) is 2.25. The van der Waals surface area contributed by atoms with Gasteiger partial charge in [-0.3, -0.25) is 0 Å². The summed E-state index contributed by atoms with van der Waals surface area (Å²) in [6.45, 7) is 5.26. The van der Waals surface area contributed by atoms with E-state index in [9.17, 15) is 13.2 Å². The number of hydrogen-bond acceptors (Lipinski definition) is 5. The molecule has 0 spiro atoms. The highest BCUT2D eigenvalue weighted by molar-refractivity contribution is 5.46. The lowest BCUT2D eigenvalue weighted by Gasteiger charge is -2.36. The zero-order chi connectivity index (χ0) is 14.2. The van der Waals surface area contributed by atoms with Gasteiger partial charge < -0.3 is 16.0 Å². The van der Waals surface area contributed by atoms with Gasteiger partial charge in [-0.15, -0.1) is 0 Å². The van der Waals surface area contributed by atoms with E-state index >= 15 is 0 Å². The Labute approximate surface area is 109 Å². The van der Waals surface area contributed by atoms with Crippen molar-refractivity contribution < 1.29 is 13.2 Å². The third kappa shape index (κ3) is 3.06. The summed E-state index contributed by atoms with van der Waals surface area (Å²) in [7, 11) is 0. The molecule has 19 heavy (non-hydrogen) atoms. The average Bonchev–Trinajstić information content (AvgIpc) is 2.25. The molecule has 8 heteroatoms. The maximum atomic E-state index is 12.6. The first-order valence-electron chi connectivity index (χ1n) is 5.98. The standard InChI is InChI=1S/C11H16F3N5/c1-6-4-19(5-7(2)17-6)10-16-3-8(9(15)18-10)11(12,13)14/h3,6-7,17H,4-5H2,1-2H3,(H2,15,16,18)/t6-,7+. The second-order valence-corrected chi connectivity index (χ2v) is 4.84. The molecule has 2 rings (SSSR count). The van der Waals surface area contributed by atoms with Crippen LogP contribution in [0.1, 0.15) is 19.4 Å². The Morgan fingerprint density at radius 1 is 1.32 bits per heavy atom. The predicted molar refractivity (Wildman–Crippen MR) is 65.7 cm³/mol. The van der Waals surface area contributed by atoms with Crippen molar-refractivity contribution in [3.05, 3.63) is 11.8 Å². The van der Waals surface area contributed by atoms with E-state index in [0.29, 0.717) is 13.1 Å². The number of nitrogens with one attached hydrogen (secondary N) is 1. The summed E-state index contributed by atoms with van der Waals surface area (Å²) in [5.74, 6) is -0.290. The van der Waals surface area contributed by atoms with Crippen molar-refractivity contribution in [1.82, 2.24) is 15.3 Å². The van der Waals surface area contributed by atoms with Crippen LogP contribution >= 0.6 is 0 Å². The highest BCUT2D eigenvalue weighted by atomic mass is 19.4. The Morgan fingerprint density at radius 2 is 1.89 bits per heavy atom. The van der Waals surface area contributed by atoms with Crippen molar-refractivity contribution in [2.45, 2.75) is 32.1 Å². The fraction of sp³-hybridized carbons (Fsp3) is 0.636. The quantitative estimate of drug-likeness (QED) is 0.807. The molecule has 3 N–H and O–H groups in total. The van der Waals surface area contributed by atoms with Gasteiger partial charge in [0.2, 0.25) is 5.95 Å². The van der Waals surface area contributed by atoms with Crippen LogP contribution in [0, 0.1) is 0 Å². The van der Waals surface area contributed by atoms with Gasteiger partial charge in [0.05, 0.1) is 0 Å². The number of anilines is 2. The number of nitrogens with two attached hydrogens (primary N) is 1. The highest BCUT2D eigenvalue weighted by Gasteiger charge is 2.35. The van der Waals surface area contributed by atoms with Gasteiger partial charge in [-0.1, -0.05) is 0 Å². The van der Waals surface area contributed by atoms with Gasteiger partial charge in [0.15, 0.2) is 0 Å². The fourth-order valence-electron chi connectivity index (χ4n) is 2.25. The van der Waals surface area contributed by atoms with Gasteiger partial charge >= 0.3 is 6.18 Å². The van der Waals surface area contributed by atoms with Crippen LogP contribution in [0.5, 0.6) is 0 Å². The summed E-state index contributed by atoms with van der Waals surface area (Å²) in [5, 5.41) is 3.32. The lowest BCUT2D eigenvalue weighted by Crippen LogP contribution is -2.54. The van der Waals surface area contributed by atoms with Crippen LogP contribution in [0.2, 0.25) is 0 Å². The van der Waals surface area contributed by atoms with E-state index in [2.05, 4.69) is 15.3 Å². The van der Waals surface area contributed by atoms with Crippen LogP contribution in [0.25, 0.3) is 0 Å². The smallest absolute Gasteiger partial charge is 0.383 e. The van der Waals surface area contributed by atoms with Gasteiger partial charge in [-0.05, 0) is 13.8 Å². The van der Waals surface area contributed by atoms with E-state index in [4.69, 9.17) is 5.73 Å². The third-order valence-electron chi connectivity index (χ3n) is 2.95. The van der Waals surface area contributed by atoms with Crippen LogP contribution < -0.4 is 16.0 Å². The number of nitrogen functional groups attached to an aromatic ring is 1. The number of hydrogen-bond donors (Lipinski definition) is 2. The molecule has 0 saturated carbocycles. The Bertz CT molecular complexity index is 452. The highest BCUT2D eigenvalue weighted by Crippen LogP contribution is 2.32. The van der Waals surface area contributed by atoms with Gasteiger partial charge in [-0.25, -0.2) is 4.98 Å². The van der Waals surface area contributed by atoms with E-state index in [1.54, 1.807) is 0 Å². The first-order valence-corrected chi connectivity index (χ1v) is 5.98. The maximum absolute atomic E-state index is 12.6. The molecule has 0 aliphatic carbocycles. The molecule has 5 nitrogen and oxygen atoms in total. The van der Waals surface area contributed by atoms with Crippen molar-refractivity contribution in [1.29, 1.82) is 0 Å². The van der Waals surface area contributed by atoms with Crippen LogP contribution in [0.4, 0.5) is 24.9 Å². The SMILES string of the molecule is C[C@@H]1CN(c2ncc(C(F)(F)F)c(N)n2)C[C@H](C)N1. The average molecular weight is 275 g/mol. The number of piperazine rings is 1.